The Balaban J connectivity index is 1.68. The number of hydrogen-bond acceptors (Lipinski definition) is 5. The van der Waals surface area contributed by atoms with Crippen LogP contribution in [0, 0.1) is 0 Å². The van der Waals surface area contributed by atoms with E-state index in [9.17, 15) is 0 Å². The molecule has 3 heterocycles. The average Bonchev–Trinajstić information content (AvgIpc) is 3.00. The van der Waals surface area contributed by atoms with Crippen LogP contribution >= 0.6 is 0 Å². The summed E-state index contributed by atoms with van der Waals surface area (Å²) < 4.78 is 5.86. The molecule has 0 aliphatic carbocycles. The molecule has 6 nitrogen and oxygen atoms in total. The van der Waals surface area contributed by atoms with Gasteiger partial charge in [-0.1, -0.05) is 6.07 Å². The topological polar surface area (TPSA) is 66.1 Å². The number of imidazole rings is 1. The smallest absolute Gasteiger partial charge is 0.126 e. The zero-order valence-corrected chi connectivity index (χ0v) is 11.5. The van der Waals surface area contributed by atoms with E-state index in [2.05, 4.69) is 25.2 Å². The Labute approximate surface area is 118 Å². The van der Waals surface area contributed by atoms with Crippen LogP contribution in [0.4, 0.5) is 5.82 Å². The largest absolute Gasteiger partial charge is 0.373 e. The highest BCUT2D eigenvalue weighted by atomic mass is 16.5. The first-order valence-corrected chi connectivity index (χ1v) is 6.81. The molecule has 0 amide bonds. The summed E-state index contributed by atoms with van der Waals surface area (Å²) in [5, 5.41) is 3.06. The van der Waals surface area contributed by atoms with Crippen LogP contribution in [-0.4, -0.2) is 46.6 Å². The number of pyridine rings is 1. The molecule has 1 aliphatic rings. The van der Waals surface area contributed by atoms with Crippen molar-refractivity contribution in [2.75, 3.05) is 32.1 Å². The molecule has 1 unspecified atom stereocenters. The molecule has 0 bridgehead atoms. The molecule has 0 aromatic carbocycles. The van der Waals surface area contributed by atoms with Gasteiger partial charge in [-0.2, -0.15) is 0 Å². The van der Waals surface area contributed by atoms with Gasteiger partial charge in [0.1, 0.15) is 11.9 Å². The van der Waals surface area contributed by atoms with Crippen LogP contribution in [0.3, 0.4) is 0 Å². The van der Waals surface area contributed by atoms with E-state index in [0.717, 1.165) is 43.4 Å². The number of aromatic amines is 1. The lowest BCUT2D eigenvalue weighted by atomic mass is 10.2. The maximum atomic E-state index is 5.86. The van der Waals surface area contributed by atoms with Crippen LogP contribution in [-0.2, 0) is 11.3 Å². The third-order valence-electron chi connectivity index (χ3n) is 3.46. The molecule has 0 spiro atoms. The number of rotatable bonds is 4. The van der Waals surface area contributed by atoms with Crippen LogP contribution < -0.4 is 5.32 Å². The first kappa shape index (κ1) is 13.1. The third kappa shape index (κ3) is 2.97. The molecule has 0 saturated carbocycles. The van der Waals surface area contributed by atoms with Gasteiger partial charge in [-0.05, 0) is 12.1 Å². The van der Waals surface area contributed by atoms with Crippen LogP contribution in [0.1, 0.15) is 17.5 Å². The molecule has 1 saturated heterocycles. The van der Waals surface area contributed by atoms with Crippen molar-refractivity contribution < 1.29 is 4.74 Å². The van der Waals surface area contributed by atoms with Gasteiger partial charge in [0.15, 0.2) is 0 Å². The summed E-state index contributed by atoms with van der Waals surface area (Å²) in [6.45, 7) is 3.37. The van der Waals surface area contributed by atoms with Crippen LogP contribution in [0.2, 0.25) is 0 Å². The molecule has 106 valence electrons. The fourth-order valence-electron chi connectivity index (χ4n) is 2.41. The Morgan fingerprint density at radius 1 is 1.50 bits per heavy atom. The molecule has 2 aromatic rings. The van der Waals surface area contributed by atoms with Crippen molar-refractivity contribution in [2.24, 2.45) is 0 Å². The molecule has 2 N–H and O–H groups in total. The second kappa shape index (κ2) is 6.02. The van der Waals surface area contributed by atoms with Gasteiger partial charge in [-0.15, -0.1) is 0 Å². The Morgan fingerprint density at radius 2 is 2.45 bits per heavy atom. The lowest BCUT2D eigenvalue weighted by Gasteiger charge is -2.32. The minimum absolute atomic E-state index is 0.0278. The van der Waals surface area contributed by atoms with E-state index in [-0.39, 0.29) is 6.10 Å². The monoisotopic (exact) mass is 273 g/mol. The molecule has 6 heteroatoms. The van der Waals surface area contributed by atoms with Crippen LogP contribution in [0.5, 0.6) is 0 Å². The van der Waals surface area contributed by atoms with Crippen molar-refractivity contribution in [3.63, 3.8) is 0 Å². The summed E-state index contributed by atoms with van der Waals surface area (Å²) in [5.41, 5.74) is 2.11. The third-order valence-corrected chi connectivity index (χ3v) is 3.46. The van der Waals surface area contributed by atoms with Gasteiger partial charge in [-0.25, -0.2) is 9.97 Å². The van der Waals surface area contributed by atoms with Gasteiger partial charge >= 0.3 is 0 Å². The second-order valence-electron chi connectivity index (χ2n) is 4.87. The van der Waals surface area contributed by atoms with Crippen LogP contribution in [0.15, 0.2) is 30.7 Å². The van der Waals surface area contributed by atoms with Gasteiger partial charge in [0.05, 0.1) is 18.6 Å². The quantitative estimate of drug-likeness (QED) is 0.882. The molecule has 0 radical (unpaired) electrons. The van der Waals surface area contributed by atoms with Gasteiger partial charge < -0.3 is 15.0 Å². The summed E-state index contributed by atoms with van der Waals surface area (Å²) in [6, 6.07) is 5.98. The minimum atomic E-state index is 0.0278. The van der Waals surface area contributed by atoms with Crippen molar-refractivity contribution in [1.29, 1.82) is 0 Å². The van der Waals surface area contributed by atoms with Crippen molar-refractivity contribution in [2.45, 2.75) is 12.6 Å². The zero-order valence-electron chi connectivity index (χ0n) is 11.5. The van der Waals surface area contributed by atoms with E-state index in [1.54, 1.807) is 6.33 Å². The van der Waals surface area contributed by atoms with Crippen molar-refractivity contribution in [1.82, 2.24) is 19.9 Å². The Bertz CT molecular complexity index is 542. The molecule has 3 rings (SSSR count). The lowest BCUT2D eigenvalue weighted by Crippen LogP contribution is -2.38. The maximum absolute atomic E-state index is 5.86. The van der Waals surface area contributed by atoms with Crippen molar-refractivity contribution in [3.05, 3.63) is 42.1 Å². The van der Waals surface area contributed by atoms with Crippen molar-refractivity contribution >= 4 is 5.82 Å². The highest BCUT2D eigenvalue weighted by Crippen LogP contribution is 2.22. The summed E-state index contributed by atoms with van der Waals surface area (Å²) in [4.78, 5) is 14.1. The number of nitrogens with zero attached hydrogens (tertiary/aromatic N) is 3. The van der Waals surface area contributed by atoms with E-state index >= 15 is 0 Å². The van der Waals surface area contributed by atoms with E-state index in [4.69, 9.17) is 4.74 Å². The lowest BCUT2D eigenvalue weighted by molar-refractivity contribution is -0.0352. The average molecular weight is 273 g/mol. The minimum Gasteiger partial charge on any atom is -0.373 e. The Kier molecular flexibility index (Phi) is 3.94. The Hall–Kier alpha value is -1.92. The summed E-state index contributed by atoms with van der Waals surface area (Å²) in [6.07, 6.45) is 3.61. The van der Waals surface area contributed by atoms with E-state index in [1.807, 2.05) is 31.4 Å². The highest BCUT2D eigenvalue weighted by Gasteiger charge is 2.23. The summed E-state index contributed by atoms with van der Waals surface area (Å²) in [5.74, 6) is 0.872. The predicted molar refractivity (Wildman–Crippen MR) is 76.3 cm³/mol. The zero-order chi connectivity index (χ0) is 13.8. The molecular formula is C14H19N5O. The van der Waals surface area contributed by atoms with E-state index in [0.29, 0.717) is 0 Å². The number of morpholine rings is 1. The highest BCUT2D eigenvalue weighted by molar-refractivity contribution is 5.34. The van der Waals surface area contributed by atoms with Gasteiger partial charge in [0.25, 0.3) is 0 Å². The first-order valence-electron chi connectivity index (χ1n) is 6.81. The molecule has 2 aromatic heterocycles. The maximum Gasteiger partial charge on any atom is 0.126 e. The standard InChI is InChI=1S/C14H19N5O/c1-15-14-4-2-3-12(18-14)13-9-19(5-6-20-13)8-11-7-16-10-17-11/h2-4,7,10,13H,5-6,8-9H2,1H3,(H,15,18)(H,16,17). The van der Waals surface area contributed by atoms with Gasteiger partial charge in [0, 0.05) is 38.6 Å². The second-order valence-corrected chi connectivity index (χ2v) is 4.87. The number of hydrogen-bond donors (Lipinski definition) is 2. The predicted octanol–water partition coefficient (Wildman–Crippen LogP) is 1.42. The van der Waals surface area contributed by atoms with Crippen LogP contribution in [0.25, 0.3) is 0 Å². The number of ether oxygens (including phenoxy) is 1. The number of anilines is 1. The number of nitrogens with one attached hydrogen (secondary N) is 2. The fraction of sp³-hybridized carbons (Fsp3) is 0.429. The number of aromatic nitrogens is 3. The molecule has 1 fully saturated rings. The molecule has 20 heavy (non-hydrogen) atoms. The first-order chi connectivity index (χ1) is 9.85. The fourth-order valence-corrected chi connectivity index (χ4v) is 2.41. The molecular weight excluding hydrogens is 254 g/mol. The molecule has 1 aliphatic heterocycles. The van der Waals surface area contributed by atoms with E-state index < -0.39 is 0 Å². The van der Waals surface area contributed by atoms with E-state index in [1.165, 1.54) is 0 Å². The van der Waals surface area contributed by atoms with Gasteiger partial charge in [0.2, 0.25) is 0 Å². The summed E-state index contributed by atoms with van der Waals surface area (Å²) in [7, 11) is 1.87. The van der Waals surface area contributed by atoms with Crippen molar-refractivity contribution in [3.8, 4) is 0 Å². The summed E-state index contributed by atoms with van der Waals surface area (Å²) >= 11 is 0. The molecule has 1 atom stereocenters. The normalized spacial score (nSPS) is 19.9. The Morgan fingerprint density at radius 3 is 3.25 bits per heavy atom. The number of H-pyrrole nitrogens is 1. The SMILES string of the molecule is CNc1cccc(C2CN(Cc3cnc[nH]3)CCO2)n1. The van der Waals surface area contributed by atoms with Gasteiger partial charge in [-0.3, -0.25) is 4.90 Å².